The Morgan fingerprint density at radius 3 is 2.86 bits per heavy atom. The molecule has 1 aromatic carbocycles. The Balaban J connectivity index is 1.67. The number of aromatic nitrogens is 2. The second-order valence-corrected chi connectivity index (χ2v) is 6.54. The number of rotatable bonds is 3. The first kappa shape index (κ1) is 14.3. The van der Waals surface area contributed by atoms with Crippen LogP contribution in [0, 0.1) is 0 Å². The van der Waals surface area contributed by atoms with Crippen LogP contribution in [0.4, 0.5) is 0 Å². The fraction of sp³-hybridized carbons (Fsp3) is 0.467. The van der Waals surface area contributed by atoms with E-state index >= 15 is 0 Å². The molecule has 1 N–H and O–H groups in total. The van der Waals surface area contributed by atoms with E-state index in [4.69, 9.17) is 4.74 Å². The molecule has 0 aliphatic carbocycles. The van der Waals surface area contributed by atoms with Crippen LogP contribution in [-0.2, 0) is 4.79 Å². The second-order valence-electron chi connectivity index (χ2n) is 5.25. The van der Waals surface area contributed by atoms with Crippen molar-refractivity contribution >= 4 is 28.7 Å². The SMILES string of the molecule is COc1ccc2nc(SC3CCN(C(C)=O)CC3)[nH]c2c1. The van der Waals surface area contributed by atoms with Crippen molar-refractivity contribution in [2.24, 2.45) is 0 Å². The van der Waals surface area contributed by atoms with Crippen molar-refractivity contribution < 1.29 is 9.53 Å². The van der Waals surface area contributed by atoms with Gasteiger partial charge in [-0.3, -0.25) is 4.79 Å². The predicted octanol–water partition coefficient (Wildman–Crippen LogP) is 2.67. The Hall–Kier alpha value is -1.69. The number of nitrogens with zero attached hydrogens (tertiary/aromatic N) is 2. The Morgan fingerprint density at radius 2 is 2.19 bits per heavy atom. The molecule has 0 bridgehead atoms. The smallest absolute Gasteiger partial charge is 0.219 e. The number of benzene rings is 1. The van der Waals surface area contributed by atoms with Crippen LogP contribution in [0.1, 0.15) is 19.8 Å². The van der Waals surface area contributed by atoms with Crippen molar-refractivity contribution in [1.29, 1.82) is 0 Å². The number of methoxy groups -OCH3 is 1. The van der Waals surface area contributed by atoms with Gasteiger partial charge in [0.1, 0.15) is 5.75 Å². The van der Waals surface area contributed by atoms with Crippen molar-refractivity contribution in [1.82, 2.24) is 14.9 Å². The number of piperidine rings is 1. The van der Waals surface area contributed by atoms with Gasteiger partial charge in [0.05, 0.1) is 18.1 Å². The number of amides is 1. The van der Waals surface area contributed by atoms with Gasteiger partial charge in [-0.15, -0.1) is 0 Å². The van der Waals surface area contributed by atoms with Crippen molar-refractivity contribution in [2.45, 2.75) is 30.2 Å². The number of H-pyrrole nitrogens is 1. The highest BCUT2D eigenvalue weighted by atomic mass is 32.2. The van der Waals surface area contributed by atoms with Crippen LogP contribution in [0.5, 0.6) is 5.75 Å². The van der Waals surface area contributed by atoms with Crippen LogP contribution >= 0.6 is 11.8 Å². The average molecular weight is 305 g/mol. The maximum atomic E-state index is 11.3. The minimum Gasteiger partial charge on any atom is -0.497 e. The molecule has 2 aromatic rings. The van der Waals surface area contributed by atoms with E-state index in [1.54, 1.807) is 25.8 Å². The first-order valence-corrected chi connectivity index (χ1v) is 7.99. The highest BCUT2D eigenvalue weighted by Gasteiger charge is 2.22. The van der Waals surface area contributed by atoms with E-state index in [0.717, 1.165) is 47.9 Å². The third kappa shape index (κ3) is 3.15. The Morgan fingerprint density at radius 1 is 1.43 bits per heavy atom. The van der Waals surface area contributed by atoms with Gasteiger partial charge < -0.3 is 14.6 Å². The Bertz CT molecular complexity index is 647. The van der Waals surface area contributed by atoms with Crippen molar-refractivity contribution in [2.75, 3.05) is 20.2 Å². The molecule has 1 aromatic heterocycles. The molecule has 3 rings (SSSR count). The zero-order valence-electron chi connectivity index (χ0n) is 12.3. The number of hydrogen-bond acceptors (Lipinski definition) is 4. The summed E-state index contributed by atoms with van der Waals surface area (Å²) in [6.45, 7) is 3.34. The number of carbonyl (C=O) groups excluding carboxylic acids is 1. The molecule has 2 heterocycles. The maximum absolute atomic E-state index is 11.3. The molecular weight excluding hydrogens is 286 g/mol. The third-order valence-corrected chi connectivity index (χ3v) is 5.05. The first-order chi connectivity index (χ1) is 10.2. The van der Waals surface area contributed by atoms with Gasteiger partial charge in [0, 0.05) is 31.3 Å². The fourth-order valence-electron chi connectivity index (χ4n) is 2.59. The summed E-state index contributed by atoms with van der Waals surface area (Å²) < 4.78 is 5.22. The summed E-state index contributed by atoms with van der Waals surface area (Å²) in [5.74, 6) is 1.01. The number of likely N-dealkylation sites (tertiary alicyclic amines) is 1. The lowest BCUT2D eigenvalue weighted by Gasteiger charge is -2.30. The van der Waals surface area contributed by atoms with Crippen LogP contribution in [-0.4, -0.2) is 46.2 Å². The number of imidazole rings is 1. The zero-order valence-corrected chi connectivity index (χ0v) is 13.1. The average Bonchev–Trinajstić information content (AvgIpc) is 2.88. The summed E-state index contributed by atoms with van der Waals surface area (Å²) in [5, 5.41) is 1.46. The van der Waals surface area contributed by atoms with E-state index in [1.807, 2.05) is 23.1 Å². The van der Waals surface area contributed by atoms with Gasteiger partial charge in [-0.2, -0.15) is 0 Å². The molecular formula is C15H19N3O2S. The lowest BCUT2D eigenvalue weighted by Crippen LogP contribution is -2.37. The van der Waals surface area contributed by atoms with Crippen molar-refractivity contribution in [3.05, 3.63) is 18.2 Å². The van der Waals surface area contributed by atoms with E-state index in [2.05, 4.69) is 9.97 Å². The van der Waals surface area contributed by atoms with Gasteiger partial charge in [0.15, 0.2) is 5.16 Å². The summed E-state index contributed by atoms with van der Waals surface area (Å²) in [6, 6.07) is 5.85. The van der Waals surface area contributed by atoms with Gasteiger partial charge in [0.2, 0.25) is 5.91 Å². The van der Waals surface area contributed by atoms with Crippen LogP contribution < -0.4 is 4.74 Å². The maximum Gasteiger partial charge on any atom is 0.219 e. The van der Waals surface area contributed by atoms with E-state index in [9.17, 15) is 4.79 Å². The molecule has 0 spiro atoms. The quantitative estimate of drug-likeness (QED) is 0.947. The summed E-state index contributed by atoms with van der Waals surface area (Å²) >= 11 is 1.77. The van der Waals surface area contributed by atoms with Crippen LogP contribution in [0.3, 0.4) is 0 Å². The van der Waals surface area contributed by atoms with Gasteiger partial charge in [0.25, 0.3) is 0 Å². The molecule has 0 atom stereocenters. The summed E-state index contributed by atoms with van der Waals surface area (Å²) in [7, 11) is 1.66. The number of carbonyl (C=O) groups is 1. The number of nitrogens with one attached hydrogen (secondary N) is 1. The summed E-state index contributed by atoms with van der Waals surface area (Å²) in [5.41, 5.74) is 1.96. The van der Waals surface area contributed by atoms with Gasteiger partial charge in [-0.05, 0) is 25.0 Å². The molecule has 6 heteroatoms. The van der Waals surface area contributed by atoms with Gasteiger partial charge in [-0.1, -0.05) is 11.8 Å². The Labute approximate surface area is 128 Å². The molecule has 1 aliphatic heterocycles. The lowest BCUT2D eigenvalue weighted by atomic mass is 10.1. The number of fused-ring (bicyclic) bond motifs is 1. The number of aromatic amines is 1. The van der Waals surface area contributed by atoms with Crippen LogP contribution in [0.15, 0.2) is 23.4 Å². The molecule has 1 aliphatic rings. The topological polar surface area (TPSA) is 58.2 Å². The Kier molecular flexibility index (Phi) is 4.05. The predicted molar refractivity (Wildman–Crippen MR) is 83.8 cm³/mol. The van der Waals surface area contributed by atoms with E-state index in [-0.39, 0.29) is 5.91 Å². The standard InChI is InChI=1S/C15H19N3O2S/c1-10(19)18-7-5-12(6-8-18)21-15-16-13-4-3-11(20-2)9-14(13)17-15/h3-4,9,12H,5-8H2,1-2H3,(H,16,17). The molecule has 112 valence electrons. The normalized spacial score (nSPS) is 16.4. The lowest BCUT2D eigenvalue weighted by molar-refractivity contribution is -0.129. The van der Waals surface area contributed by atoms with Gasteiger partial charge in [-0.25, -0.2) is 4.98 Å². The number of ether oxygens (including phenoxy) is 1. The van der Waals surface area contributed by atoms with Gasteiger partial charge >= 0.3 is 0 Å². The summed E-state index contributed by atoms with van der Waals surface area (Å²) in [4.78, 5) is 21.2. The number of thioether (sulfide) groups is 1. The second kappa shape index (κ2) is 5.97. The molecule has 1 amide bonds. The zero-order chi connectivity index (χ0) is 14.8. The van der Waals surface area contributed by atoms with Crippen molar-refractivity contribution in [3.8, 4) is 5.75 Å². The van der Waals surface area contributed by atoms with Crippen LogP contribution in [0.25, 0.3) is 11.0 Å². The van der Waals surface area contributed by atoms with Crippen molar-refractivity contribution in [3.63, 3.8) is 0 Å². The molecule has 0 unspecified atom stereocenters. The van der Waals surface area contributed by atoms with E-state index < -0.39 is 0 Å². The molecule has 5 nitrogen and oxygen atoms in total. The molecule has 1 saturated heterocycles. The fourth-order valence-corrected chi connectivity index (χ4v) is 3.68. The summed E-state index contributed by atoms with van der Waals surface area (Å²) in [6.07, 6.45) is 2.04. The molecule has 0 radical (unpaired) electrons. The molecule has 0 saturated carbocycles. The highest BCUT2D eigenvalue weighted by molar-refractivity contribution is 7.99. The molecule has 21 heavy (non-hydrogen) atoms. The minimum absolute atomic E-state index is 0.175. The van der Waals surface area contributed by atoms with E-state index in [1.165, 1.54) is 0 Å². The highest BCUT2D eigenvalue weighted by Crippen LogP contribution is 2.30. The largest absolute Gasteiger partial charge is 0.497 e. The first-order valence-electron chi connectivity index (χ1n) is 7.11. The minimum atomic E-state index is 0.175. The van der Waals surface area contributed by atoms with Crippen LogP contribution in [0.2, 0.25) is 0 Å². The number of hydrogen-bond donors (Lipinski definition) is 1. The molecule has 1 fully saturated rings. The monoisotopic (exact) mass is 305 g/mol. The van der Waals surface area contributed by atoms with E-state index in [0.29, 0.717) is 5.25 Å². The third-order valence-electron chi connectivity index (χ3n) is 3.83.